The largest absolute Gasteiger partial charge is 0.311 e. The van der Waals surface area contributed by atoms with Gasteiger partial charge in [-0.3, -0.25) is 4.98 Å². The van der Waals surface area contributed by atoms with Gasteiger partial charge in [0.15, 0.2) is 0 Å². The van der Waals surface area contributed by atoms with E-state index in [2.05, 4.69) is 20.5 Å². The molecule has 1 atom stereocenters. The Bertz CT molecular complexity index is 647. The Morgan fingerprint density at radius 3 is 2.80 bits per heavy atom. The SMILES string of the molecule is CNC(Cc1cncs1)c1cnn(-c2ccccc2)n1. The molecule has 0 aliphatic heterocycles. The predicted molar refractivity (Wildman–Crippen MR) is 79.0 cm³/mol. The molecule has 0 aliphatic carbocycles. The molecule has 1 aromatic carbocycles. The lowest BCUT2D eigenvalue weighted by molar-refractivity contribution is 0.571. The topological polar surface area (TPSA) is 55.6 Å². The van der Waals surface area contributed by atoms with Crippen LogP contribution in [0.4, 0.5) is 0 Å². The van der Waals surface area contributed by atoms with Gasteiger partial charge < -0.3 is 5.32 Å². The van der Waals surface area contributed by atoms with E-state index in [1.807, 2.05) is 55.3 Å². The zero-order valence-electron chi connectivity index (χ0n) is 11.1. The average molecular weight is 285 g/mol. The lowest BCUT2D eigenvalue weighted by Crippen LogP contribution is -2.19. The number of thiazole rings is 1. The molecule has 1 N–H and O–H groups in total. The molecule has 2 heterocycles. The molecule has 0 saturated heterocycles. The van der Waals surface area contributed by atoms with E-state index in [1.165, 1.54) is 4.88 Å². The van der Waals surface area contributed by atoms with Crippen LogP contribution in [0.15, 0.2) is 48.2 Å². The first-order valence-corrected chi connectivity index (χ1v) is 7.27. The lowest BCUT2D eigenvalue weighted by atomic mass is 10.1. The third-order valence-electron chi connectivity index (χ3n) is 3.09. The van der Waals surface area contributed by atoms with E-state index in [4.69, 9.17) is 0 Å². The number of benzene rings is 1. The fraction of sp³-hybridized carbons (Fsp3) is 0.214. The fourth-order valence-electron chi connectivity index (χ4n) is 2.02. The van der Waals surface area contributed by atoms with Crippen LogP contribution >= 0.6 is 11.3 Å². The van der Waals surface area contributed by atoms with Crippen LogP contribution < -0.4 is 5.32 Å². The molecule has 2 aromatic heterocycles. The Kier molecular flexibility index (Phi) is 3.85. The Hall–Kier alpha value is -2.05. The summed E-state index contributed by atoms with van der Waals surface area (Å²) in [5, 5.41) is 12.2. The van der Waals surface area contributed by atoms with Crippen molar-refractivity contribution in [2.45, 2.75) is 12.5 Å². The highest BCUT2D eigenvalue weighted by molar-refractivity contribution is 7.09. The Balaban J connectivity index is 1.81. The van der Waals surface area contributed by atoms with Gasteiger partial charge in [0, 0.05) is 17.5 Å². The molecule has 5 nitrogen and oxygen atoms in total. The van der Waals surface area contributed by atoms with Crippen LogP contribution in [0.2, 0.25) is 0 Å². The summed E-state index contributed by atoms with van der Waals surface area (Å²) < 4.78 is 0. The molecule has 0 radical (unpaired) electrons. The van der Waals surface area contributed by atoms with Crippen LogP contribution in [-0.4, -0.2) is 27.0 Å². The van der Waals surface area contributed by atoms with Crippen LogP contribution in [0, 0.1) is 0 Å². The summed E-state index contributed by atoms with van der Waals surface area (Å²) in [5.41, 5.74) is 3.75. The monoisotopic (exact) mass is 285 g/mol. The average Bonchev–Trinajstić information content (AvgIpc) is 3.17. The number of likely N-dealkylation sites (N-methyl/N-ethyl adjacent to an activating group) is 1. The van der Waals surface area contributed by atoms with Gasteiger partial charge in [0.1, 0.15) is 5.69 Å². The molecule has 0 bridgehead atoms. The van der Waals surface area contributed by atoms with Crippen LogP contribution in [-0.2, 0) is 6.42 Å². The van der Waals surface area contributed by atoms with Crippen LogP contribution in [0.25, 0.3) is 5.69 Å². The van der Waals surface area contributed by atoms with Crippen molar-refractivity contribution in [3.63, 3.8) is 0 Å². The maximum absolute atomic E-state index is 4.56. The summed E-state index contributed by atoms with van der Waals surface area (Å²) in [7, 11) is 1.94. The molecule has 0 amide bonds. The van der Waals surface area contributed by atoms with Crippen molar-refractivity contribution in [1.29, 1.82) is 0 Å². The maximum Gasteiger partial charge on any atom is 0.100 e. The standard InChI is InChI=1S/C14H15N5S/c1-15-13(7-12-8-16-10-20-12)14-9-17-19(18-14)11-5-3-2-4-6-11/h2-6,8-10,13,15H,7H2,1H3. The fourth-order valence-corrected chi connectivity index (χ4v) is 2.66. The van der Waals surface area contributed by atoms with Gasteiger partial charge in [0.05, 0.1) is 23.4 Å². The van der Waals surface area contributed by atoms with Gasteiger partial charge in [0.25, 0.3) is 0 Å². The molecule has 0 aliphatic rings. The van der Waals surface area contributed by atoms with Crippen molar-refractivity contribution < 1.29 is 0 Å². The minimum atomic E-state index is 0.146. The summed E-state index contributed by atoms with van der Waals surface area (Å²) in [4.78, 5) is 7.00. The van der Waals surface area contributed by atoms with E-state index < -0.39 is 0 Å². The minimum absolute atomic E-state index is 0.146. The van der Waals surface area contributed by atoms with Gasteiger partial charge in [-0.1, -0.05) is 18.2 Å². The van der Waals surface area contributed by atoms with E-state index in [0.29, 0.717) is 0 Å². The molecular weight excluding hydrogens is 270 g/mol. The molecule has 3 aromatic rings. The highest BCUT2D eigenvalue weighted by Gasteiger charge is 2.15. The highest BCUT2D eigenvalue weighted by atomic mass is 32.1. The second-order valence-corrected chi connectivity index (χ2v) is 5.38. The molecule has 20 heavy (non-hydrogen) atoms. The summed E-state index contributed by atoms with van der Waals surface area (Å²) in [6.45, 7) is 0. The molecule has 6 heteroatoms. The zero-order valence-corrected chi connectivity index (χ0v) is 11.9. The van der Waals surface area contributed by atoms with E-state index in [0.717, 1.165) is 17.8 Å². The Labute approximate surface area is 121 Å². The number of nitrogens with one attached hydrogen (secondary N) is 1. The number of hydrogen-bond acceptors (Lipinski definition) is 5. The zero-order chi connectivity index (χ0) is 13.8. The second-order valence-electron chi connectivity index (χ2n) is 4.41. The first-order chi connectivity index (χ1) is 9.86. The second kappa shape index (κ2) is 5.94. The van der Waals surface area contributed by atoms with Gasteiger partial charge >= 0.3 is 0 Å². The van der Waals surface area contributed by atoms with Crippen molar-refractivity contribution in [3.05, 3.63) is 58.8 Å². The summed E-state index contributed by atoms with van der Waals surface area (Å²) in [6.07, 6.45) is 4.58. The van der Waals surface area contributed by atoms with Crippen molar-refractivity contribution in [1.82, 2.24) is 25.3 Å². The predicted octanol–water partition coefficient (Wildman–Crippen LogP) is 2.23. The molecule has 0 saturated carbocycles. The third kappa shape index (κ3) is 2.76. The lowest BCUT2D eigenvalue weighted by Gasteiger charge is -2.11. The Morgan fingerprint density at radius 1 is 1.25 bits per heavy atom. The number of aromatic nitrogens is 4. The van der Waals surface area contributed by atoms with Crippen molar-refractivity contribution in [3.8, 4) is 5.69 Å². The normalized spacial score (nSPS) is 12.4. The van der Waals surface area contributed by atoms with Gasteiger partial charge in [0.2, 0.25) is 0 Å². The summed E-state index contributed by atoms with van der Waals surface area (Å²) >= 11 is 1.66. The van der Waals surface area contributed by atoms with Crippen molar-refractivity contribution in [2.75, 3.05) is 7.05 Å². The number of rotatable bonds is 5. The van der Waals surface area contributed by atoms with Gasteiger partial charge in [-0.05, 0) is 19.2 Å². The molecular formula is C14H15N5S. The van der Waals surface area contributed by atoms with Gasteiger partial charge in [-0.25, -0.2) is 0 Å². The quantitative estimate of drug-likeness (QED) is 0.781. The van der Waals surface area contributed by atoms with E-state index in [1.54, 1.807) is 16.1 Å². The number of hydrogen-bond donors (Lipinski definition) is 1. The maximum atomic E-state index is 4.56. The highest BCUT2D eigenvalue weighted by Crippen LogP contribution is 2.18. The van der Waals surface area contributed by atoms with Crippen LogP contribution in [0.3, 0.4) is 0 Å². The number of nitrogens with zero attached hydrogens (tertiary/aromatic N) is 4. The summed E-state index contributed by atoms with van der Waals surface area (Å²) in [5.74, 6) is 0. The molecule has 3 rings (SSSR count). The smallest absolute Gasteiger partial charge is 0.100 e. The van der Waals surface area contributed by atoms with Crippen LogP contribution in [0.5, 0.6) is 0 Å². The Morgan fingerprint density at radius 2 is 2.10 bits per heavy atom. The number of para-hydroxylation sites is 1. The minimum Gasteiger partial charge on any atom is -0.311 e. The molecule has 0 fully saturated rings. The molecule has 102 valence electrons. The van der Waals surface area contributed by atoms with E-state index in [-0.39, 0.29) is 6.04 Å². The molecule has 1 unspecified atom stereocenters. The van der Waals surface area contributed by atoms with Gasteiger partial charge in [-0.2, -0.15) is 15.0 Å². The van der Waals surface area contributed by atoms with Crippen molar-refractivity contribution in [2.24, 2.45) is 0 Å². The first kappa shape index (κ1) is 13.0. The van der Waals surface area contributed by atoms with Crippen molar-refractivity contribution >= 4 is 11.3 Å². The molecule has 0 spiro atoms. The first-order valence-electron chi connectivity index (χ1n) is 6.39. The third-order valence-corrected chi connectivity index (χ3v) is 3.89. The van der Waals surface area contributed by atoms with E-state index in [9.17, 15) is 0 Å². The van der Waals surface area contributed by atoms with Gasteiger partial charge in [-0.15, -0.1) is 11.3 Å². The van der Waals surface area contributed by atoms with Crippen LogP contribution in [0.1, 0.15) is 16.6 Å². The summed E-state index contributed by atoms with van der Waals surface area (Å²) in [6, 6.07) is 10.1. The van der Waals surface area contributed by atoms with E-state index >= 15 is 0 Å².